The molecular weight excluding hydrogens is 304 g/mol. The molecule has 0 aliphatic carbocycles. The van der Waals surface area contributed by atoms with Crippen LogP contribution in [0.15, 0.2) is 48.5 Å². The third-order valence-corrected chi connectivity index (χ3v) is 3.44. The lowest BCUT2D eigenvalue weighted by Crippen LogP contribution is -2.19. The number of anilines is 1. The van der Waals surface area contributed by atoms with Gasteiger partial charge in [0.05, 0.1) is 13.0 Å². The van der Waals surface area contributed by atoms with Crippen molar-refractivity contribution in [2.75, 3.05) is 19.0 Å². The van der Waals surface area contributed by atoms with Gasteiger partial charge in [-0.1, -0.05) is 19.1 Å². The van der Waals surface area contributed by atoms with Crippen LogP contribution in [0.5, 0.6) is 5.75 Å². The van der Waals surface area contributed by atoms with E-state index >= 15 is 0 Å². The summed E-state index contributed by atoms with van der Waals surface area (Å²) >= 11 is 0. The molecule has 0 saturated carbocycles. The van der Waals surface area contributed by atoms with Crippen LogP contribution in [-0.2, 0) is 11.2 Å². The predicted molar refractivity (Wildman–Crippen MR) is 94.4 cm³/mol. The van der Waals surface area contributed by atoms with Gasteiger partial charge in [-0.25, -0.2) is 0 Å². The summed E-state index contributed by atoms with van der Waals surface area (Å²) in [5.74, 6) is 0.528. The Bertz CT molecular complexity index is 679. The summed E-state index contributed by atoms with van der Waals surface area (Å²) in [5, 5.41) is 5.42. The van der Waals surface area contributed by atoms with Gasteiger partial charge in [-0.05, 0) is 48.4 Å². The van der Waals surface area contributed by atoms with Crippen molar-refractivity contribution in [1.82, 2.24) is 5.32 Å². The fraction of sp³-hybridized carbons (Fsp3) is 0.263. The highest BCUT2D eigenvalue weighted by Crippen LogP contribution is 2.15. The monoisotopic (exact) mass is 326 g/mol. The molecule has 2 aromatic carbocycles. The van der Waals surface area contributed by atoms with Crippen molar-refractivity contribution in [3.05, 3.63) is 59.7 Å². The molecule has 0 spiro atoms. The SMILES string of the molecule is CCCOc1ccc(C(=O)Nc2ccc(CC(=O)NC)cc2)cc1. The quantitative estimate of drug-likeness (QED) is 0.822. The van der Waals surface area contributed by atoms with E-state index in [1.165, 1.54) is 0 Å². The van der Waals surface area contributed by atoms with Crippen molar-refractivity contribution in [2.24, 2.45) is 0 Å². The second-order valence-corrected chi connectivity index (χ2v) is 5.37. The van der Waals surface area contributed by atoms with E-state index in [9.17, 15) is 9.59 Å². The minimum Gasteiger partial charge on any atom is -0.494 e. The van der Waals surface area contributed by atoms with Gasteiger partial charge in [-0.3, -0.25) is 9.59 Å². The Balaban J connectivity index is 1.95. The Hall–Kier alpha value is -2.82. The van der Waals surface area contributed by atoms with Gasteiger partial charge in [-0.2, -0.15) is 0 Å². The molecule has 24 heavy (non-hydrogen) atoms. The lowest BCUT2D eigenvalue weighted by molar-refractivity contribution is -0.119. The zero-order chi connectivity index (χ0) is 17.4. The summed E-state index contributed by atoms with van der Waals surface area (Å²) in [7, 11) is 1.61. The van der Waals surface area contributed by atoms with Crippen molar-refractivity contribution < 1.29 is 14.3 Å². The van der Waals surface area contributed by atoms with Gasteiger partial charge in [0.1, 0.15) is 5.75 Å². The summed E-state index contributed by atoms with van der Waals surface area (Å²) in [6, 6.07) is 14.3. The summed E-state index contributed by atoms with van der Waals surface area (Å²) < 4.78 is 5.50. The van der Waals surface area contributed by atoms with Gasteiger partial charge >= 0.3 is 0 Å². The van der Waals surface area contributed by atoms with E-state index in [4.69, 9.17) is 4.74 Å². The first-order valence-electron chi connectivity index (χ1n) is 7.96. The third-order valence-electron chi connectivity index (χ3n) is 3.44. The number of rotatable bonds is 7. The van der Waals surface area contributed by atoms with Crippen LogP contribution in [-0.4, -0.2) is 25.5 Å². The highest BCUT2D eigenvalue weighted by Gasteiger charge is 2.07. The molecule has 0 unspecified atom stereocenters. The molecule has 0 bridgehead atoms. The molecule has 5 heteroatoms. The zero-order valence-corrected chi connectivity index (χ0v) is 14.0. The van der Waals surface area contributed by atoms with Crippen molar-refractivity contribution in [3.63, 3.8) is 0 Å². The minimum absolute atomic E-state index is 0.0443. The van der Waals surface area contributed by atoms with Gasteiger partial charge in [0.25, 0.3) is 5.91 Å². The van der Waals surface area contributed by atoms with Gasteiger partial charge in [0.2, 0.25) is 5.91 Å². The number of hydrogen-bond donors (Lipinski definition) is 2. The van der Waals surface area contributed by atoms with Gasteiger partial charge in [-0.15, -0.1) is 0 Å². The van der Waals surface area contributed by atoms with Crippen molar-refractivity contribution in [3.8, 4) is 5.75 Å². The summed E-state index contributed by atoms with van der Waals surface area (Å²) in [6.45, 7) is 2.70. The molecule has 0 heterocycles. The first-order valence-corrected chi connectivity index (χ1v) is 7.96. The van der Waals surface area contributed by atoms with E-state index in [1.54, 1.807) is 43.4 Å². The molecule has 0 radical (unpaired) electrons. The Morgan fingerprint density at radius 1 is 1.00 bits per heavy atom. The van der Waals surface area contributed by atoms with Crippen molar-refractivity contribution in [2.45, 2.75) is 19.8 Å². The Kier molecular flexibility index (Phi) is 6.37. The topological polar surface area (TPSA) is 67.4 Å². The molecule has 0 aliphatic heterocycles. The number of carbonyl (C=O) groups is 2. The highest BCUT2D eigenvalue weighted by atomic mass is 16.5. The van der Waals surface area contributed by atoms with E-state index in [-0.39, 0.29) is 11.8 Å². The molecule has 2 amide bonds. The Morgan fingerprint density at radius 2 is 1.67 bits per heavy atom. The maximum atomic E-state index is 12.2. The van der Waals surface area contributed by atoms with Crippen LogP contribution < -0.4 is 15.4 Å². The third kappa shape index (κ3) is 5.12. The number of likely N-dealkylation sites (N-methyl/N-ethyl adjacent to an activating group) is 1. The molecule has 126 valence electrons. The maximum Gasteiger partial charge on any atom is 0.255 e. The number of ether oxygens (including phenoxy) is 1. The van der Waals surface area contributed by atoms with Crippen LogP contribution in [0.4, 0.5) is 5.69 Å². The smallest absolute Gasteiger partial charge is 0.255 e. The number of amides is 2. The maximum absolute atomic E-state index is 12.2. The zero-order valence-electron chi connectivity index (χ0n) is 14.0. The van der Waals surface area contributed by atoms with E-state index in [2.05, 4.69) is 10.6 Å². The molecule has 0 fully saturated rings. The molecule has 0 aliphatic rings. The van der Waals surface area contributed by atoms with E-state index < -0.39 is 0 Å². The lowest BCUT2D eigenvalue weighted by atomic mass is 10.1. The van der Waals surface area contributed by atoms with E-state index in [0.717, 1.165) is 17.7 Å². The molecule has 2 N–H and O–H groups in total. The lowest BCUT2D eigenvalue weighted by Gasteiger charge is -2.08. The number of carbonyl (C=O) groups excluding carboxylic acids is 2. The molecular formula is C19H22N2O3. The minimum atomic E-state index is -0.184. The molecule has 0 atom stereocenters. The van der Waals surface area contributed by atoms with Crippen LogP contribution in [0.3, 0.4) is 0 Å². The molecule has 0 aromatic heterocycles. The normalized spacial score (nSPS) is 10.1. The van der Waals surface area contributed by atoms with Crippen LogP contribution in [0.2, 0.25) is 0 Å². The number of benzene rings is 2. The summed E-state index contributed by atoms with van der Waals surface area (Å²) in [4.78, 5) is 23.6. The Labute approximate surface area is 142 Å². The second-order valence-electron chi connectivity index (χ2n) is 5.37. The van der Waals surface area contributed by atoms with Crippen molar-refractivity contribution >= 4 is 17.5 Å². The van der Waals surface area contributed by atoms with E-state index in [0.29, 0.717) is 24.3 Å². The Morgan fingerprint density at radius 3 is 2.25 bits per heavy atom. The molecule has 2 aromatic rings. The van der Waals surface area contributed by atoms with Crippen molar-refractivity contribution in [1.29, 1.82) is 0 Å². The summed E-state index contributed by atoms with van der Waals surface area (Å²) in [6.07, 6.45) is 1.27. The summed E-state index contributed by atoms with van der Waals surface area (Å²) in [5.41, 5.74) is 2.14. The first-order chi connectivity index (χ1) is 11.6. The van der Waals surface area contributed by atoms with Crippen LogP contribution in [0, 0.1) is 0 Å². The molecule has 5 nitrogen and oxygen atoms in total. The van der Waals surface area contributed by atoms with Gasteiger partial charge in [0.15, 0.2) is 0 Å². The fourth-order valence-electron chi connectivity index (χ4n) is 2.11. The first kappa shape index (κ1) is 17.5. The van der Waals surface area contributed by atoms with Crippen LogP contribution in [0.25, 0.3) is 0 Å². The van der Waals surface area contributed by atoms with Crippen LogP contribution >= 0.6 is 0 Å². The second kappa shape index (κ2) is 8.72. The fourth-order valence-corrected chi connectivity index (χ4v) is 2.11. The number of nitrogens with one attached hydrogen (secondary N) is 2. The van der Waals surface area contributed by atoms with Gasteiger partial charge in [0, 0.05) is 18.3 Å². The largest absolute Gasteiger partial charge is 0.494 e. The predicted octanol–water partition coefficient (Wildman–Crippen LogP) is 3.02. The van der Waals surface area contributed by atoms with Crippen LogP contribution in [0.1, 0.15) is 29.3 Å². The van der Waals surface area contributed by atoms with Gasteiger partial charge < -0.3 is 15.4 Å². The highest BCUT2D eigenvalue weighted by molar-refractivity contribution is 6.04. The average Bonchev–Trinajstić information content (AvgIpc) is 2.61. The standard InChI is InChI=1S/C19H22N2O3/c1-3-12-24-17-10-6-15(7-11-17)19(23)21-16-8-4-14(5-9-16)13-18(22)20-2/h4-11H,3,12-13H2,1-2H3,(H,20,22)(H,21,23). The average molecular weight is 326 g/mol. The van der Waals surface area contributed by atoms with E-state index in [1.807, 2.05) is 19.1 Å². The molecule has 0 saturated heterocycles. The molecule has 2 rings (SSSR count). The number of hydrogen-bond acceptors (Lipinski definition) is 3.